The summed E-state index contributed by atoms with van der Waals surface area (Å²) < 4.78 is 7.07. The molecule has 0 saturated carbocycles. The van der Waals surface area contributed by atoms with Gasteiger partial charge in [0.25, 0.3) is 0 Å². The molecule has 1 aliphatic heterocycles. The van der Waals surface area contributed by atoms with Crippen LogP contribution in [-0.4, -0.2) is 59.8 Å². The Bertz CT molecular complexity index is 938. The Morgan fingerprint density at radius 2 is 1.93 bits per heavy atom. The van der Waals surface area contributed by atoms with Crippen molar-refractivity contribution in [2.75, 3.05) is 12.3 Å². The summed E-state index contributed by atoms with van der Waals surface area (Å²) in [6.45, 7) is -0.406. The number of nitrogens with zero attached hydrogens (tertiary/aromatic N) is 4. The first kappa shape index (κ1) is 18.1. The number of benzene rings is 1. The molecule has 0 spiro atoms. The van der Waals surface area contributed by atoms with Gasteiger partial charge in [-0.25, -0.2) is 9.97 Å². The number of fused-ring (bicyclic) bond motifs is 1. The number of hydrogen-bond donors (Lipinski definition) is 4. The first-order valence-corrected chi connectivity index (χ1v) is 9.36. The fraction of sp³-hybridized carbons (Fsp3) is 0.353. The van der Waals surface area contributed by atoms with Crippen molar-refractivity contribution in [1.82, 2.24) is 19.5 Å². The highest BCUT2D eigenvalue weighted by Gasteiger charge is 2.44. The topological polar surface area (TPSA) is 140 Å². The van der Waals surface area contributed by atoms with Crippen LogP contribution in [0.15, 0.2) is 41.7 Å². The van der Waals surface area contributed by atoms with Crippen molar-refractivity contribution in [3.8, 4) is 0 Å². The highest BCUT2D eigenvalue weighted by Crippen LogP contribution is 2.34. The number of nitrogens with two attached hydrogens (primary N) is 1. The molecule has 2 unspecified atom stereocenters. The van der Waals surface area contributed by atoms with Crippen LogP contribution in [0.3, 0.4) is 0 Å². The average Bonchev–Trinajstić information content (AvgIpc) is 3.22. The summed E-state index contributed by atoms with van der Waals surface area (Å²) in [4.78, 5) is 12.9. The lowest BCUT2D eigenvalue weighted by Gasteiger charge is -2.16. The molecule has 1 fully saturated rings. The third-order valence-electron chi connectivity index (χ3n) is 4.42. The summed E-state index contributed by atoms with van der Waals surface area (Å²) in [6, 6.07) is 9.93. The van der Waals surface area contributed by atoms with E-state index in [1.807, 2.05) is 30.3 Å². The highest BCUT2D eigenvalue weighted by atomic mass is 32.2. The molecule has 1 saturated heterocycles. The van der Waals surface area contributed by atoms with Crippen LogP contribution < -0.4 is 5.73 Å². The second-order valence-electron chi connectivity index (χ2n) is 6.21. The molecule has 10 heteroatoms. The van der Waals surface area contributed by atoms with Crippen LogP contribution in [0.25, 0.3) is 11.2 Å². The molecule has 5 N–H and O–H groups in total. The van der Waals surface area contributed by atoms with E-state index < -0.39 is 31.1 Å². The molecule has 0 amide bonds. The van der Waals surface area contributed by atoms with Gasteiger partial charge in [-0.05, 0) is 5.56 Å². The number of thioether (sulfide) groups is 1. The Morgan fingerprint density at radius 1 is 1.15 bits per heavy atom. The molecular weight excluding hydrogens is 370 g/mol. The summed E-state index contributed by atoms with van der Waals surface area (Å²) in [5, 5.41) is 30.2. The molecule has 1 aromatic carbocycles. The maximum atomic E-state index is 10.3. The predicted molar refractivity (Wildman–Crippen MR) is 98.7 cm³/mol. The molecule has 27 heavy (non-hydrogen) atoms. The Hall–Kier alpha value is -2.24. The SMILES string of the molecule is Nc1nc(SCc2ccccc2)c2ncn([C@@H]3O[C@H](CO)C(O)C3O)c2n1. The summed E-state index contributed by atoms with van der Waals surface area (Å²) in [5.41, 5.74) is 7.93. The van der Waals surface area contributed by atoms with Crippen molar-refractivity contribution in [2.45, 2.75) is 35.3 Å². The molecule has 0 aliphatic carbocycles. The van der Waals surface area contributed by atoms with Crippen LogP contribution in [0.1, 0.15) is 11.8 Å². The minimum Gasteiger partial charge on any atom is -0.394 e. The Morgan fingerprint density at radius 3 is 2.63 bits per heavy atom. The van der Waals surface area contributed by atoms with E-state index >= 15 is 0 Å². The monoisotopic (exact) mass is 389 g/mol. The van der Waals surface area contributed by atoms with Gasteiger partial charge in [0.2, 0.25) is 5.95 Å². The van der Waals surface area contributed by atoms with Crippen molar-refractivity contribution < 1.29 is 20.1 Å². The lowest BCUT2D eigenvalue weighted by molar-refractivity contribution is -0.0511. The van der Waals surface area contributed by atoms with Gasteiger partial charge in [-0.3, -0.25) is 4.57 Å². The maximum Gasteiger partial charge on any atom is 0.223 e. The van der Waals surface area contributed by atoms with Crippen LogP contribution >= 0.6 is 11.8 Å². The number of aliphatic hydroxyl groups excluding tert-OH is 3. The van der Waals surface area contributed by atoms with Gasteiger partial charge in [-0.15, -0.1) is 0 Å². The fourth-order valence-corrected chi connectivity index (χ4v) is 3.96. The van der Waals surface area contributed by atoms with Crippen LogP contribution in [0, 0.1) is 0 Å². The Kier molecular flexibility index (Phi) is 4.98. The van der Waals surface area contributed by atoms with Gasteiger partial charge in [-0.1, -0.05) is 42.1 Å². The second kappa shape index (κ2) is 7.41. The van der Waals surface area contributed by atoms with Gasteiger partial charge < -0.3 is 25.8 Å². The quantitative estimate of drug-likeness (QED) is 0.358. The summed E-state index contributed by atoms with van der Waals surface area (Å²) in [5.74, 6) is 0.763. The minimum absolute atomic E-state index is 0.0755. The number of anilines is 1. The van der Waals surface area contributed by atoms with Gasteiger partial charge in [0.1, 0.15) is 28.9 Å². The predicted octanol–water partition coefficient (Wildman–Crippen LogP) is 0.312. The number of aromatic nitrogens is 4. The standard InChI is InChI=1S/C17H19N5O4S/c18-17-20-14-11(15(21-17)27-7-9-4-2-1-3-5-9)19-8-22(14)16-13(25)12(24)10(6-23)26-16/h1-5,8,10,12-13,16,23-25H,6-7H2,(H2,18,20,21)/t10-,12?,13?,16-/m1/s1. The Labute approximate surface area is 158 Å². The minimum atomic E-state index is -1.23. The molecule has 1 aliphatic rings. The maximum absolute atomic E-state index is 10.3. The molecule has 142 valence electrons. The third kappa shape index (κ3) is 3.37. The van der Waals surface area contributed by atoms with E-state index in [-0.39, 0.29) is 5.95 Å². The molecule has 4 rings (SSSR count). The van der Waals surface area contributed by atoms with Gasteiger partial charge in [-0.2, -0.15) is 4.98 Å². The summed E-state index contributed by atoms with van der Waals surface area (Å²) >= 11 is 1.48. The zero-order valence-corrected chi connectivity index (χ0v) is 15.0. The second-order valence-corrected chi connectivity index (χ2v) is 7.18. The normalized spacial score (nSPS) is 25.3. The number of nitrogen functional groups attached to an aromatic ring is 1. The lowest BCUT2D eigenvalue weighted by atomic mass is 10.1. The molecule has 4 atom stereocenters. The molecular formula is C17H19N5O4S. The van der Waals surface area contributed by atoms with Crippen LogP contribution in [0.2, 0.25) is 0 Å². The van der Waals surface area contributed by atoms with E-state index in [1.165, 1.54) is 22.7 Å². The number of hydrogen-bond acceptors (Lipinski definition) is 9. The number of imidazole rings is 1. The Balaban J connectivity index is 1.66. The molecule has 2 aromatic heterocycles. The molecule has 3 heterocycles. The summed E-state index contributed by atoms with van der Waals surface area (Å²) in [7, 11) is 0. The molecule has 3 aromatic rings. The molecule has 9 nitrogen and oxygen atoms in total. The molecule has 0 radical (unpaired) electrons. The average molecular weight is 389 g/mol. The van der Waals surface area contributed by atoms with E-state index in [4.69, 9.17) is 10.5 Å². The summed E-state index contributed by atoms with van der Waals surface area (Å²) in [6.07, 6.45) is -2.78. The number of rotatable bonds is 5. The van der Waals surface area contributed by atoms with Crippen LogP contribution in [-0.2, 0) is 10.5 Å². The highest BCUT2D eigenvalue weighted by molar-refractivity contribution is 7.98. The zero-order valence-electron chi connectivity index (χ0n) is 14.2. The van der Waals surface area contributed by atoms with Gasteiger partial charge >= 0.3 is 0 Å². The van der Waals surface area contributed by atoms with Gasteiger partial charge in [0, 0.05) is 5.75 Å². The van der Waals surface area contributed by atoms with Crippen LogP contribution in [0.5, 0.6) is 0 Å². The third-order valence-corrected chi connectivity index (χ3v) is 5.45. The fourth-order valence-electron chi connectivity index (χ4n) is 3.03. The van der Waals surface area contributed by atoms with Crippen molar-refractivity contribution in [2.24, 2.45) is 0 Å². The molecule has 0 bridgehead atoms. The van der Waals surface area contributed by atoms with Crippen molar-refractivity contribution in [1.29, 1.82) is 0 Å². The van der Waals surface area contributed by atoms with Crippen LogP contribution in [0.4, 0.5) is 5.95 Å². The van der Waals surface area contributed by atoms with E-state index in [1.54, 1.807) is 0 Å². The number of ether oxygens (including phenoxy) is 1. The van der Waals surface area contributed by atoms with E-state index in [9.17, 15) is 15.3 Å². The lowest BCUT2D eigenvalue weighted by Crippen LogP contribution is -2.33. The van der Waals surface area contributed by atoms with Gasteiger partial charge in [0.05, 0.1) is 12.9 Å². The van der Waals surface area contributed by atoms with Crippen molar-refractivity contribution in [3.63, 3.8) is 0 Å². The van der Waals surface area contributed by atoms with E-state index in [0.717, 1.165) is 5.56 Å². The van der Waals surface area contributed by atoms with Crippen molar-refractivity contribution in [3.05, 3.63) is 42.2 Å². The number of aliphatic hydroxyl groups is 3. The zero-order chi connectivity index (χ0) is 19.0. The first-order valence-electron chi connectivity index (χ1n) is 8.37. The largest absolute Gasteiger partial charge is 0.394 e. The van der Waals surface area contributed by atoms with E-state index in [0.29, 0.717) is 21.9 Å². The van der Waals surface area contributed by atoms with Gasteiger partial charge in [0.15, 0.2) is 11.9 Å². The smallest absolute Gasteiger partial charge is 0.223 e. The van der Waals surface area contributed by atoms with E-state index in [2.05, 4.69) is 15.0 Å². The van der Waals surface area contributed by atoms with Crippen molar-refractivity contribution >= 4 is 28.9 Å². The first-order chi connectivity index (χ1) is 13.1.